The van der Waals surface area contributed by atoms with E-state index in [2.05, 4.69) is 15.4 Å². The van der Waals surface area contributed by atoms with Crippen LogP contribution in [0.15, 0.2) is 9.42 Å². The Labute approximate surface area is 118 Å². The molecule has 20 heavy (non-hydrogen) atoms. The van der Waals surface area contributed by atoms with Crippen molar-refractivity contribution >= 4 is 10.0 Å². The molecular formula is C12H18N4O3S. The topological polar surface area (TPSA) is 92.1 Å². The van der Waals surface area contributed by atoms with E-state index in [0.29, 0.717) is 22.8 Å². The minimum absolute atomic E-state index is 0.216. The van der Waals surface area contributed by atoms with Crippen LogP contribution < -0.4 is 0 Å². The van der Waals surface area contributed by atoms with E-state index in [0.717, 1.165) is 5.56 Å². The fourth-order valence-electron chi connectivity index (χ4n) is 2.11. The van der Waals surface area contributed by atoms with E-state index in [9.17, 15) is 8.42 Å². The van der Waals surface area contributed by atoms with Gasteiger partial charge in [0.15, 0.2) is 0 Å². The second-order valence-electron chi connectivity index (χ2n) is 4.83. The van der Waals surface area contributed by atoms with Gasteiger partial charge < -0.3 is 4.52 Å². The lowest BCUT2D eigenvalue weighted by molar-refractivity contribution is 0.390. The molecule has 0 aliphatic heterocycles. The molecule has 0 saturated heterocycles. The van der Waals surface area contributed by atoms with Crippen molar-refractivity contribution in [2.75, 3.05) is 7.05 Å². The molecule has 0 atom stereocenters. The highest BCUT2D eigenvalue weighted by molar-refractivity contribution is 7.89. The molecule has 2 aromatic heterocycles. The summed E-state index contributed by atoms with van der Waals surface area (Å²) in [4.78, 5) is 0.228. The van der Waals surface area contributed by atoms with Crippen molar-refractivity contribution in [3.8, 4) is 0 Å². The van der Waals surface area contributed by atoms with E-state index in [1.165, 1.54) is 11.4 Å². The first-order chi connectivity index (χ1) is 9.25. The quantitative estimate of drug-likeness (QED) is 0.922. The molecule has 0 aliphatic rings. The van der Waals surface area contributed by atoms with E-state index in [-0.39, 0.29) is 11.4 Å². The van der Waals surface area contributed by atoms with Crippen LogP contribution in [0, 0.1) is 27.7 Å². The Balaban J connectivity index is 2.36. The Bertz CT molecular complexity index is 691. The van der Waals surface area contributed by atoms with Crippen LogP contribution in [-0.2, 0) is 16.6 Å². The Morgan fingerprint density at radius 1 is 1.20 bits per heavy atom. The molecule has 0 radical (unpaired) electrons. The summed E-state index contributed by atoms with van der Waals surface area (Å²) in [6, 6.07) is 0. The number of aromatic nitrogens is 3. The van der Waals surface area contributed by atoms with Crippen LogP contribution in [0.2, 0.25) is 0 Å². The number of hydrogen-bond acceptors (Lipinski definition) is 5. The van der Waals surface area contributed by atoms with Crippen molar-refractivity contribution in [3.05, 3.63) is 28.4 Å². The lowest BCUT2D eigenvalue weighted by Gasteiger charge is -2.17. The van der Waals surface area contributed by atoms with Gasteiger partial charge in [0.1, 0.15) is 10.7 Å². The lowest BCUT2D eigenvalue weighted by atomic mass is 10.2. The zero-order valence-electron chi connectivity index (χ0n) is 12.2. The second-order valence-corrected chi connectivity index (χ2v) is 6.81. The molecule has 0 amide bonds. The Morgan fingerprint density at radius 2 is 1.85 bits per heavy atom. The van der Waals surface area contributed by atoms with Crippen molar-refractivity contribution in [3.63, 3.8) is 0 Å². The van der Waals surface area contributed by atoms with Crippen molar-refractivity contribution in [1.29, 1.82) is 0 Å². The highest BCUT2D eigenvalue weighted by atomic mass is 32.2. The van der Waals surface area contributed by atoms with Crippen LogP contribution in [0.5, 0.6) is 0 Å². The van der Waals surface area contributed by atoms with Gasteiger partial charge in [-0.05, 0) is 27.7 Å². The lowest BCUT2D eigenvalue weighted by Crippen LogP contribution is -2.27. The fraction of sp³-hybridized carbons (Fsp3) is 0.500. The van der Waals surface area contributed by atoms with Gasteiger partial charge in [-0.2, -0.15) is 9.40 Å². The van der Waals surface area contributed by atoms with Gasteiger partial charge in [-0.3, -0.25) is 5.10 Å². The van der Waals surface area contributed by atoms with E-state index < -0.39 is 10.0 Å². The van der Waals surface area contributed by atoms with Crippen LogP contribution in [0.4, 0.5) is 0 Å². The number of aryl methyl sites for hydroxylation is 4. The second kappa shape index (κ2) is 5.02. The molecule has 0 aliphatic carbocycles. The number of aromatic amines is 1. The van der Waals surface area contributed by atoms with E-state index >= 15 is 0 Å². The largest absolute Gasteiger partial charge is 0.361 e. The predicted molar refractivity (Wildman–Crippen MR) is 72.7 cm³/mol. The van der Waals surface area contributed by atoms with Gasteiger partial charge in [-0.1, -0.05) is 5.16 Å². The molecule has 0 fully saturated rings. The number of H-pyrrole nitrogens is 1. The molecule has 2 aromatic rings. The van der Waals surface area contributed by atoms with Crippen LogP contribution in [-0.4, -0.2) is 35.1 Å². The van der Waals surface area contributed by atoms with Gasteiger partial charge in [0.25, 0.3) is 0 Å². The maximum atomic E-state index is 12.6. The number of sulfonamides is 1. The number of nitrogens with one attached hydrogen (secondary N) is 1. The smallest absolute Gasteiger partial charge is 0.246 e. The maximum absolute atomic E-state index is 12.6. The first-order valence-electron chi connectivity index (χ1n) is 6.14. The van der Waals surface area contributed by atoms with E-state index in [4.69, 9.17) is 4.52 Å². The van der Waals surface area contributed by atoms with Gasteiger partial charge in [-0.15, -0.1) is 0 Å². The van der Waals surface area contributed by atoms with Crippen molar-refractivity contribution in [2.45, 2.75) is 39.1 Å². The molecule has 0 bridgehead atoms. The molecule has 0 unspecified atom stereocenters. The van der Waals surface area contributed by atoms with Crippen molar-refractivity contribution in [1.82, 2.24) is 19.7 Å². The van der Waals surface area contributed by atoms with Gasteiger partial charge in [0.2, 0.25) is 10.0 Å². The van der Waals surface area contributed by atoms with Crippen molar-refractivity contribution in [2.24, 2.45) is 0 Å². The molecule has 2 heterocycles. The first kappa shape index (κ1) is 14.7. The Morgan fingerprint density at radius 3 is 2.30 bits per heavy atom. The molecular weight excluding hydrogens is 280 g/mol. The predicted octanol–water partition coefficient (Wildman–Crippen LogP) is 1.45. The minimum Gasteiger partial charge on any atom is -0.361 e. The fourth-order valence-corrected chi connectivity index (χ4v) is 3.57. The average molecular weight is 298 g/mol. The normalized spacial score (nSPS) is 12.3. The molecule has 8 heteroatoms. The summed E-state index contributed by atoms with van der Waals surface area (Å²) in [7, 11) is -2.06. The summed E-state index contributed by atoms with van der Waals surface area (Å²) in [6.07, 6.45) is 0. The van der Waals surface area contributed by atoms with E-state index in [1.807, 2.05) is 0 Å². The van der Waals surface area contributed by atoms with Crippen molar-refractivity contribution < 1.29 is 12.9 Å². The monoisotopic (exact) mass is 298 g/mol. The van der Waals surface area contributed by atoms with Gasteiger partial charge in [-0.25, -0.2) is 8.42 Å². The first-order valence-corrected chi connectivity index (χ1v) is 7.58. The van der Waals surface area contributed by atoms with Gasteiger partial charge in [0, 0.05) is 19.2 Å². The molecule has 110 valence electrons. The van der Waals surface area contributed by atoms with Gasteiger partial charge >= 0.3 is 0 Å². The molecule has 0 spiro atoms. The molecule has 1 N–H and O–H groups in total. The maximum Gasteiger partial charge on any atom is 0.246 e. The molecule has 7 nitrogen and oxygen atoms in total. The summed E-state index contributed by atoms with van der Waals surface area (Å²) >= 11 is 0. The zero-order valence-corrected chi connectivity index (χ0v) is 13.0. The van der Waals surface area contributed by atoms with Crippen LogP contribution in [0.1, 0.15) is 28.4 Å². The third-order valence-corrected chi connectivity index (χ3v) is 5.36. The Hall–Kier alpha value is -1.67. The van der Waals surface area contributed by atoms with E-state index in [1.54, 1.807) is 27.7 Å². The van der Waals surface area contributed by atoms with Crippen LogP contribution in [0.3, 0.4) is 0 Å². The number of hydrogen-bond donors (Lipinski definition) is 1. The average Bonchev–Trinajstić information content (AvgIpc) is 2.86. The summed E-state index contributed by atoms with van der Waals surface area (Å²) in [5, 5.41) is 10.5. The highest BCUT2D eigenvalue weighted by Gasteiger charge is 2.28. The van der Waals surface area contributed by atoms with Crippen LogP contribution in [0.25, 0.3) is 0 Å². The zero-order chi connectivity index (χ0) is 15.1. The number of rotatable bonds is 4. The summed E-state index contributed by atoms with van der Waals surface area (Å²) in [5.74, 6) is 0.630. The minimum atomic E-state index is -3.60. The van der Waals surface area contributed by atoms with Crippen LogP contribution >= 0.6 is 0 Å². The summed E-state index contributed by atoms with van der Waals surface area (Å²) in [6.45, 7) is 7.13. The van der Waals surface area contributed by atoms with Gasteiger partial charge in [0.05, 0.1) is 17.1 Å². The molecule has 2 rings (SSSR count). The third kappa shape index (κ3) is 2.36. The summed E-state index contributed by atoms with van der Waals surface area (Å²) in [5.41, 5.74) is 2.49. The molecule has 0 saturated carbocycles. The molecule has 0 aromatic carbocycles. The summed E-state index contributed by atoms with van der Waals surface area (Å²) < 4.78 is 31.5. The highest BCUT2D eigenvalue weighted by Crippen LogP contribution is 2.23. The number of nitrogens with zero attached hydrogens (tertiary/aromatic N) is 3. The standard InChI is InChI=1S/C12H18N4O3S/c1-7-11(10(4)19-15-7)6-16(5)20(17,18)12-8(2)13-14-9(12)3/h6H2,1-5H3,(H,13,14). The third-order valence-electron chi connectivity index (χ3n) is 3.29. The SMILES string of the molecule is Cc1noc(C)c1CN(C)S(=O)(=O)c1c(C)n[nH]c1C. The Kier molecular flexibility index (Phi) is 3.70.